The molecule has 0 atom stereocenters. The van der Waals surface area contributed by atoms with E-state index in [2.05, 4.69) is 10.3 Å². The van der Waals surface area contributed by atoms with Crippen molar-refractivity contribution in [3.05, 3.63) is 75.7 Å². The van der Waals surface area contributed by atoms with Crippen molar-refractivity contribution in [1.29, 1.82) is 0 Å². The molecule has 8 nitrogen and oxygen atoms in total. The highest BCUT2D eigenvalue weighted by Gasteiger charge is 2.19. The van der Waals surface area contributed by atoms with E-state index in [1.807, 2.05) is 18.2 Å². The maximum absolute atomic E-state index is 12.8. The molecule has 1 amide bonds. The van der Waals surface area contributed by atoms with Gasteiger partial charge in [-0.2, -0.15) is 0 Å². The number of nitrogens with zero attached hydrogens (tertiary/aromatic N) is 3. The molecule has 30 heavy (non-hydrogen) atoms. The molecule has 2 heterocycles. The number of hydrogen-bond donors (Lipinski definition) is 1. The van der Waals surface area contributed by atoms with Crippen LogP contribution >= 0.6 is 11.3 Å². The van der Waals surface area contributed by atoms with Gasteiger partial charge in [-0.1, -0.05) is 18.2 Å². The smallest absolute Gasteiger partial charge is 0.338 e. The number of anilines is 1. The molecule has 0 aliphatic carbocycles. The summed E-state index contributed by atoms with van der Waals surface area (Å²) in [5.41, 5.74) is 3.87. The summed E-state index contributed by atoms with van der Waals surface area (Å²) in [6, 6.07) is 14.1. The molecular formula is C21H18N4O4S. The minimum atomic E-state index is -0.619. The van der Waals surface area contributed by atoms with Gasteiger partial charge in [0.05, 0.1) is 32.7 Å². The SMILES string of the molecule is Cc1c(NC(=O)COC(=O)c2ccc3ncsc3c2)c(=O)n(-c2ccccc2)n1C. The van der Waals surface area contributed by atoms with E-state index in [9.17, 15) is 14.4 Å². The summed E-state index contributed by atoms with van der Waals surface area (Å²) >= 11 is 1.41. The maximum Gasteiger partial charge on any atom is 0.338 e. The van der Waals surface area contributed by atoms with Crippen molar-refractivity contribution in [2.75, 3.05) is 11.9 Å². The van der Waals surface area contributed by atoms with E-state index in [4.69, 9.17) is 4.74 Å². The van der Waals surface area contributed by atoms with Gasteiger partial charge in [0.1, 0.15) is 5.69 Å². The van der Waals surface area contributed by atoms with E-state index in [0.29, 0.717) is 16.9 Å². The Balaban J connectivity index is 1.46. The molecule has 2 aromatic heterocycles. The van der Waals surface area contributed by atoms with E-state index in [-0.39, 0.29) is 11.2 Å². The quantitative estimate of drug-likeness (QED) is 0.499. The first-order chi connectivity index (χ1) is 14.5. The third-order valence-corrected chi connectivity index (χ3v) is 5.51. The van der Waals surface area contributed by atoms with Crippen LogP contribution in [0.15, 0.2) is 58.8 Å². The highest BCUT2D eigenvalue weighted by atomic mass is 32.1. The Morgan fingerprint density at radius 1 is 1.17 bits per heavy atom. The number of esters is 1. The molecule has 0 spiro atoms. The van der Waals surface area contributed by atoms with Crippen LogP contribution in [0.25, 0.3) is 15.9 Å². The molecule has 0 aliphatic rings. The normalized spacial score (nSPS) is 10.9. The molecule has 0 bridgehead atoms. The van der Waals surface area contributed by atoms with Crippen molar-refractivity contribution < 1.29 is 14.3 Å². The highest BCUT2D eigenvalue weighted by molar-refractivity contribution is 7.16. The number of carbonyl (C=O) groups is 2. The Labute approximate surface area is 175 Å². The van der Waals surface area contributed by atoms with Gasteiger partial charge in [-0.25, -0.2) is 14.5 Å². The Kier molecular flexibility index (Phi) is 5.20. The van der Waals surface area contributed by atoms with Crippen LogP contribution in [0.5, 0.6) is 0 Å². The topological polar surface area (TPSA) is 95.2 Å². The van der Waals surface area contributed by atoms with Crippen LogP contribution in [0.4, 0.5) is 5.69 Å². The highest BCUT2D eigenvalue weighted by Crippen LogP contribution is 2.19. The minimum absolute atomic E-state index is 0.147. The zero-order chi connectivity index (χ0) is 21.3. The Hall–Kier alpha value is -3.72. The molecule has 0 saturated carbocycles. The number of hydrogen-bond acceptors (Lipinski definition) is 6. The minimum Gasteiger partial charge on any atom is -0.452 e. The Morgan fingerprint density at radius 3 is 2.70 bits per heavy atom. The van der Waals surface area contributed by atoms with Crippen molar-refractivity contribution in [1.82, 2.24) is 14.3 Å². The van der Waals surface area contributed by atoms with Gasteiger partial charge >= 0.3 is 5.97 Å². The molecule has 0 radical (unpaired) electrons. The number of rotatable bonds is 5. The summed E-state index contributed by atoms with van der Waals surface area (Å²) in [7, 11) is 1.73. The van der Waals surface area contributed by atoms with Gasteiger partial charge in [-0.05, 0) is 37.3 Å². The molecular weight excluding hydrogens is 404 g/mol. The van der Waals surface area contributed by atoms with Gasteiger partial charge in [0.2, 0.25) is 0 Å². The molecule has 152 valence electrons. The van der Waals surface area contributed by atoms with Crippen LogP contribution in [0, 0.1) is 6.92 Å². The van der Waals surface area contributed by atoms with Crippen molar-refractivity contribution >= 4 is 39.1 Å². The lowest BCUT2D eigenvalue weighted by atomic mass is 10.2. The monoisotopic (exact) mass is 422 g/mol. The van der Waals surface area contributed by atoms with Crippen LogP contribution in [0.3, 0.4) is 0 Å². The van der Waals surface area contributed by atoms with Gasteiger partial charge in [-0.15, -0.1) is 11.3 Å². The van der Waals surface area contributed by atoms with Crippen LogP contribution in [-0.2, 0) is 16.6 Å². The first-order valence-electron chi connectivity index (χ1n) is 9.10. The number of carbonyl (C=O) groups excluding carboxylic acids is 2. The lowest BCUT2D eigenvalue weighted by molar-refractivity contribution is -0.119. The summed E-state index contributed by atoms with van der Waals surface area (Å²) in [4.78, 5) is 41.6. The lowest BCUT2D eigenvalue weighted by Crippen LogP contribution is -2.25. The van der Waals surface area contributed by atoms with Crippen molar-refractivity contribution in [3.8, 4) is 5.69 Å². The van der Waals surface area contributed by atoms with Crippen LogP contribution < -0.4 is 10.9 Å². The first-order valence-corrected chi connectivity index (χ1v) is 9.98. The number of ether oxygens (including phenoxy) is 1. The van der Waals surface area contributed by atoms with Gasteiger partial charge in [0, 0.05) is 7.05 Å². The second kappa shape index (κ2) is 7.96. The molecule has 0 fully saturated rings. The molecule has 2 aromatic carbocycles. The largest absolute Gasteiger partial charge is 0.452 e. The fraction of sp³-hybridized carbons (Fsp3) is 0.143. The zero-order valence-electron chi connectivity index (χ0n) is 16.3. The van der Waals surface area contributed by atoms with Gasteiger partial charge < -0.3 is 10.1 Å². The van der Waals surface area contributed by atoms with Crippen molar-refractivity contribution in [2.45, 2.75) is 6.92 Å². The van der Waals surface area contributed by atoms with Crippen LogP contribution in [0.1, 0.15) is 16.1 Å². The third kappa shape index (κ3) is 3.62. The Bertz CT molecular complexity index is 1300. The maximum atomic E-state index is 12.8. The van der Waals surface area contributed by atoms with Gasteiger partial charge in [-0.3, -0.25) is 14.3 Å². The second-order valence-corrected chi connectivity index (χ2v) is 7.48. The summed E-state index contributed by atoms with van der Waals surface area (Å²) in [5.74, 6) is -1.21. The molecule has 9 heteroatoms. The summed E-state index contributed by atoms with van der Waals surface area (Å²) in [6.07, 6.45) is 0. The molecule has 4 rings (SSSR count). The van der Waals surface area contributed by atoms with E-state index >= 15 is 0 Å². The van der Waals surface area contributed by atoms with Crippen LogP contribution in [0.2, 0.25) is 0 Å². The predicted octanol–water partition coefficient (Wildman–Crippen LogP) is 2.89. The first kappa shape index (κ1) is 19.6. The number of fused-ring (bicyclic) bond motifs is 1. The lowest BCUT2D eigenvalue weighted by Gasteiger charge is -2.07. The van der Waals surface area contributed by atoms with Crippen molar-refractivity contribution in [3.63, 3.8) is 0 Å². The number of nitrogens with one attached hydrogen (secondary N) is 1. The van der Waals surface area contributed by atoms with E-state index in [1.54, 1.807) is 54.5 Å². The second-order valence-electron chi connectivity index (χ2n) is 6.60. The van der Waals surface area contributed by atoms with Gasteiger partial charge in [0.15, 0.2) is 6.61 Å². The molecule has 4 aromatic rings. The zero-order valence-corrected chi connectivity index (χ0v) is 17.1. The Morgan fingerprint density at radius 2 is 1.93 bits per heavy atom. The molecule has 0 unspecified atom stereocenters. The van der Waals surface area contributed by atoms with Crippen LogP contribution in [-0.4, -0.2) is 32.8 Å². The number of aromatic nitrogens is 3. The fourth-order valence-corrected chi connectivity index (χ4v) is 3.80. The number of thiazole rings is 1. The predicted molar refractivity (Wildman–Crippen MR) is 114 cm³/mol. The van der Waals surface area contributed by atoms with Gasteiger partial charge in [0.25, 0.3) is 11.5 Å². The average Bonchev–Trinajstić information content (AvgIpc) is 3.31. The summed E-state index contributed by atoms with van der Waals surface area (Å²) in [5, 5.41) is 2.56. The fourth-order valence-electron chi connectivity index (χ4n) is 3.08. The number of para-hydroxylation sites is 1. The van der Waals surface area contributed by atoms with Crippen molar-refractivity contribution in [2.24, 2.45) is 7.05 Å². The molecule has 0 aliphatic heterocycles. The summed E-state index contributed by atoms with van der Waals surface area (Å²) < 4.78 is 9.08. The number of benzene rings is 2. The van der Waals surface area contributed by atoms with E-state index in [0.717, 1.165) is 10.2 Å². The van der Waals surface area contributed by atoms with E-state index in [1.165, 1.54) is 16.0 Å². The molecule has 1 N–H and O–H groups in total. The summed E-state index contributed by atoms with van der Waals surface area (Å²) in [6.45, 7) is 1.23. The molecule has 0 saturated heterocycles. The number of amides is 1. The van der Waals surface area contributed by atoms with E-state index < -0.39 is 18.5 Å². The third-order valence-electron chi connectivity index (χ3n) is 4.72. The average molecular weight is 422 g/mol. The standard InChI is InChI=1S/C21H18N4O4S/c1-13-19(20(27)25(24(13)2)15-6-4-3-5-7-15)23-18(26)11-29-21(28)14-8-9-16-17(10-14)30-12-22-16/h3-10,12H,11H2,1-2H3,(H,23,26).